The molecule has 0 bridgehead atoms. The first-order valence-electron chi connectivity index (χ1n) is 6.49. The summed E-state index contributed by atoms with van der Waals surface area (Å²) < 4.78 is 16.4. The van der Waals surface area contributed by atoms with Gasteiger partial charge in [0.1, 0.15) is 24.0 Å². The maximum atomic E-state index is 9.14. The number of para-hydroxylation sites is 1. The number of nitrogens with zero attached hydrogens (tertiary/aromatic N) is 1. The number of benzene rings is 2. The molecule has 0 saturated heterocycles. The standard InChI is InChI=1S/C17H13NO3/c1-19-13-8-6-12(7-9-13)11-20-17-14-4-2-3-5-15(14)21-16(17)10-18/h2-9H,11H2,1H3. The number of methoxy groups -OCH3 is 1. The first kappa shape index (κ1) is 13.1. The Morgan fingerprint density at radius 2 is 1.86 bits per heavy atom. The molecular formula is C17H13NO3. The van der Waals surface area contributed by atoms with Crippen molar-refractivity contribution in [3.63, 3.8) is 0 Å². The van der Waals surface area contributed by atoms with Crippen LogP contribution in [0.15, 0.2) is 52.9 Å². The van der Waals surface area contributed by atoms with Gasteiger partial charge in [-0.3, -0.25) is 0 Å². The minimum Gasteiger partial charge on any atom is -0.497 e. The van der Waals surface area contributed by atoms with Crippen molar-refractivity contribution < 1.29 is 13.9 Å². The van der Waals surface area contributed by atoms with E-state index in [2.05, 4.69) is 0 Å². The van der Waals surface area contributed by atoms with Crippen LogP contribution < -0.4 is 9.47 Å². The molecule has 0 fully saturated rings. The molecule has 0 aliphatic rings. The van der Waals surface area contributed by atoms with Crippen molar-refractivity contribution >= 4 is 11.0 Å². The number of fused-ring (bicyclic) bond motifs is 1. The molecule has 0 N–H and O–H groups in total. The van der Waals surface area contributed by atoms with Gasteiger partial charge in [-0.2, -0.15) is 5.26 Å². The van der Waals surface area contributed by atoms with Crippen molar-refractivity contribution in [2.24, 2.45) is 0 Å². The maximum Gasteiger partial charge on any atom is 0.246 e. The minimum absolute atomic E-state index is 0.199. The van der Waals surface area contributed by atoms with Crippen LogP contribution in [0.4, 0.5) is 0 Å². The van der Waals surface area contributed by atoms with Crippen LogP contribution in [0, 0.1) is 11.3 Å². The average molecular weight is 279 g/mol. The largest absolute Gasteiger partial charge is 0.497 e. The lowest BCUT2D eigenvalue weighted by Gasteiger charge is -2.06. The Hall–Kier alpha value is -2.93. The van der Waals surface area contributed by atoms with Crippen molar-refractivity contribution in [3.05, 3.63) is 59.9 Å². The second-order valence-corrected chi connectivity index (χ2v) is 4.51. The summed E-state index contributed by atoms with van der Waals surface area (Å²) in [5.74, 6) is 1.49. The van der Waals surface area contributed by atoms with Gasteiger partial charge >= 0.3 is 0 Å². The normalized spacial score (nSPS) is 10.3. The van der Waals surface area contributed by atoms with Crippen LogP contribution in [-0.2, 0) is 6.61 Å². The Balaban J connectivity index is 1.85. The Morgan fingerprint density at radius 3 is 2.57 bits per heavy atom. The summed E-state index contributed by atoms with van der Waals surface area (Å²) in [5, 5.41) is 9.95. The summed E-state index contributed by atoms with van der Waals surface area (Å²) in [6.07, 6.45) is 0. The van der Waals surface area contributed by atoms with Crippen LogP contribution in [0.5, 0.6) is 11.5 Å². The van der Waals surface area contributed by atoms with Crippen molar-refractivity contribution in [3.8, 4) is 17.6 Å². The molecule has 4 nitrogen and oxygen atoms in total. The van der Waals surface area contributed by atoms with Gasteiger partial charge in [-0.1, -0.05) is 24.3 Å². The van der Waals surface area contributed by atoms with Crippen molar-refractivity contribution in [2.45, 2.75) is 6.61 Å². The molecule has 3 rings (SSSR count). The quantitative estimate of drug-likeness (QED) is 0.727. The number of hydrogen-bond donors (Lipinski definition) is 0. The molecular weight excluding hydrogens is 266 g/mol. The topological polar surface area (TPSA) is 55.4 Å². The number of hydrogen-bond acceptors (Lipinski definition) is 4. The van der Waals surface area contributed by atoms with Crippen LogP contribution in [0.1, 0.15) is 11.3 Å². The molecule has 0 spiro atoms. The maximum absolute atomic E-state index is 9.14. The third-order valence-corrected chi connectivity index (χ3v) is 3.19. The zero-order valence-electron chi connectivity index (χ0n) is 11.5. The molecule has 0 saturated carbocycles. The van der Waals surface area contributed by atoms with Crippen LogP contribution in [0.2, 0.25) is 0 Å². The van der Waals surface area contributed by atoms with Gasteiger partial charge in [-0.05, 0) is 29.8 Å². The fraction of sp³-hybridized carbons (Fsp3) is 0.118. The SMILES string of the molecule is COc1ccc(COc2c(C#N)oc3ccccc23)cc1. The molecule has 0 aliphatic carbocycles. The average Bonchev–Trinajstić information content (AvgIpc) is 2.91. The molecule has 1 aromatic heterocycles. The summed E-state index contributed by atoms with van der Waals surface area (Å²) in [4.78, 5) is 0. The molecule has 0 radical (unpaired) electrons. The lowest BCUT2D eigenvalue weighted by Crippen LogP contribution is -1.96. The van der Waals surface area contributed by atoms with Crippen molar-refractivity contribution in [1.29, 1.82) is 5.26 Å². The molecule has 3 aromatic rings. The van der Waals surface area contributed by atoms with E-state index in [9.17, 15) is 0 Å². The Morgan fingerprint density at radius 1 is 1.10 bits per heavy atom. The number of ether oxygens (including phenoxy) is 2. The van der Waals surface area contributed by atoms with Gasteiger partial charge in [0.05, 0.1) is 12.5 Å². The number of rotatable bonds is 4. The molecule has 0 atom stereocenters. The molecule has 0 unspecified atom stereocenters. The van der Waals surface area contributed by atoms with Gasteiger partial charge in [0.2, 0.25) is 5.76 Å². The first-order chi connectivity index (χ1) is 10.3. The fourth-order valence-electron chi connectivity index (χ4n) is 2.12. The summed E-state index contributed by atoms with van der Waals surface area (Å²) >= 11 is 0. The van der Waals surface area contributed by atoms with Crippen LogP contribution >= 0.6 is 0 Å². The van der Waals surface area contributed by atoms with Gasteiger partial charge < -0.3 is 13.9 Å². The molecule has 104 valence electrons. The second-order valence-electron chi connectivity index (χ2n) is 4.51. The van der Waals surface area contributed by atoms with Crippen molar-refractivity contribution in [2.75, 3.05) is 7.11 Å². The predicted molar refractivity (Wildman–Crippen MR) is 78.3 cm³/mol. The second kappa shape index (κ2) is 5.59. The van der Waals surface area contributed by atoms with Gasteiger partial charge in [-0.15, -0.1) is 0 Å². The molecule has 0 amide bonds. The molecule has 1 heterocycles. The number of furan rings is 1. The van der Waals surface area contributed by atoms with Gasteiger partial charge in [0.15, 0.2) is 5.75 Å². The highest BCUT2D eigenvalue weighted by Crippen LogP contribution is 2.33. The summed E-state index contributed by atoms with van der Waals surface area (Å²) in [5.41, 5.74) is 1.64. The zero-order valence-corrected chi connectivity index (χ0v) is 11.5. The monoisotopic (exact) mass is 279 g/mol. The predicted octanol–water partition coefficient (Wildman–Crippen LogP) is 3.89. The van der Waals surface area contributed by atoms with E-state index >= 15 is 0 Å². The molecule has 2 aromatic carbocycles. The Bertz CT molecular complexity index is 797. The van der Waals surface area contributed by atoms with E-state index in [1.807, 2.05) is 54.6 Å². The summed E-state index contributed by atoms with van der Waals surface area (Å²) in [6, 6.07) is 17.1. The van der Waals surface area contributed by atoms with E-state index in [-0.39, 0.29) is 5.76 Å². The van der Waals surface area contributed by atoms with Gasteiger partial charge in [0, 0.05) is 0 Å². The lowest BCUT2D eigenvalue weighted by molar-refractivity contribution is 0.303. The van der Waals surface area contributed by atoms with E-state index in [0.717, 1.165) is 16.7 Å². The van der Waals surface area contributed by atoms with Crippen LogP contribution in [0.3, 0.4) is 0 Å². The highest BCUT2D eigenvalue weighted by atomic mass is 16.5. The Kier molecular flexibility index (Phi) is 3.48. The summed E-state index contributed by atoms with van der Waals surface area (Å²) in [6.45, 7) is 0.363. The Labute approximate surface area is 122 Å². The van der Waals surface area contributed by atoms with E-state index < -0.39 is 0 Å². The highest BCUT2D eigenvalue weighted by molar-refractivity contribution is 5.86. The van der Waals surface area contributed by atoms with Crippen LogP contribution in [0.25, 0.3) is 11.0 Å². The van der Waals surface area contributed by atoms with E-state index in [1.165, 1.54) is 0 Å². The first-order valence-corrected chi connectivity index (χ1v) is 6.49. The van der Waals surface area contributed by atoms with Crippen molar-refractivity contribution in [1.82, 2.24) is 0 Å². The van der Waals surface area contributed by atoms with E-state index in [0.29, 0.717) is 17.9 Å². The lowest BCUT2D eigenvalue weighted by atomic mass is 10.2. The third-order valence-electron chi connectivity index (χ3n) is 3.19. The highest BCUT2D eigenvalue weighted by Gasteiger charge is 2.14. The zero-order chi connectivity index (χ0) is 14.7. The van der Waals surface area contributed by atoms with E-state index in [1.54, 1.807) is 7.11 Å². The van der Waals surface area contributed by atoms with E-state index in [4.69, 9.17) is 19.2 Å². The van der Waals surface area contributed by atoms with Crippen LogP contribution in [-0.4, -0.2) is 7.11 Å². The fourth-order valence-corrected chi connectivity index (χ4v) is 2.12. The van der Waals surface area contributed by atoms with Gasteiger partial charge in [-0.25, -0.2) is 0 Å². The minimum atomic E-state index is 0.199. The van der Waals surface area contributed by atoms with Gasteiger partial charge in [0.25, 0.3) is 0 Å². The molecule has 21 heavy (non-hydrogen) atoms. The smallest absolute Gasteiger partial charge is 0.246 e. The molecule has 4 heteroatoms. The molecule has 0 aliphatic heterocycles. The summed E-state index contributed by atoms with van der Waals surface area (Å²) in [7, 11) is 1.63. The third kappa shape index (κ3) is 2.54. The number of nitriles is 1.